The number of esters is 1. The fourth-order valence-corrected chi connectivity index (χ4v) is 2.24. The second kappa shape index (κ2) is 8.92. The molecule has 0 saturated carbocycles. The molecule has 0 fully saturated rings. The third-order valence-electron chi connectivity index (χ3n) is 3.43. The Kier molecular flexibility index (Phi) is 7.25. The molecule has 1 aromatic carbocycles. The Hall–Kier alpha value is -2.37. The van der Waals surface area contributed by atoms with Gasteiger partial charge < -0.3 is 15.0 Å². The van der Waals surface area contributed by atoms with Gasteiger partial charge in [-0.3, -0.25) is 14.4 Å². The number of nitrogens with one attached hydrogen (secondary N) is 1. The smallest absolute Gasteiger partial charge is 0.325 e. The van der Waals surface area contributed by atoms with Gasteiger partial charge in [0.2, 0.25) is 11.8 Å². The van der Waals surface area contributed by atoms with Crippen molar-refractivity contribution in [3.05, 3.63) is 35.9 Å². The zero-order chi connectivity index (χ0) is 17.4. The van der Waals surface area contributed by atoms with Gasteiger partial charge in [0.15, 0.2) is 0 Å². The van der Waals surface area contributed by atoms with Crippen molar-refractivity contribution in [2.24, 2.45) is 0 Å². The number of amides is 2. The molecule has 23 heavy (non-hydrogen) atoms. The van der Waals surface area contributed by atoms with E-state index in [0.717, 1.165) is 5.56 Å². The molecule has 0 heterocycles. The van der Waals surface area contributed by atoms with Crippen molar-refractivity contribution in [1.29, 1.82) is 0 Å². The molecule has 0 aliphatic rings. The number of carbonyl (C=O) groups excluding carboxylic acids is 3. The average Bonchev–Trinajstić information content (AvgIpc) is 2.51. The highest BCUT2D eigenvalue weighted by molar-refractivity contribution is 5.83. The average molecular weight is 320 g/mol. The fourth-order valence-electron chi connectivity index (χ4n) is 2.24. The zero-order valence-electron chi connectivity index (χ0n) is 14.0. The predicted molar refractivity (Wildman–Crippen MR) is 86.5 cm³/mol. The number of ether oxygens (including phenoxy) is 1. The summed E-state index contributed by atoms with van der Waals surface area (Å²) in [4.78, 5) is 36.9. The Bertz CT molecular complexity index is 543. The molecule has 2 amide bonds. The molecular weight excluding hydrogens is 296 g/mol. The summed E-state index contributed by atoms with van der Waals surface area (Å²) in [7, 11) is 1.29. The summed E-state index contributed by atoms with van der Waals surface area (Å²) in [6.45, 7) is 4.97. The lowest BCUT2D eigenvalue weighted by Crippen LogP contribution is -2.43. The number of hydrogen-bond donors (Lipinski definition) is 1. The van der Waals surface area contributed by atoms with E-state index in [9.17, 15) is 14.4 Å². The molecule has 0 aromatic heterocycles. The van der Waals surface area contributed by atoms with E-state index in [1.165, 1.54) is 18.9 Å². The fraction of sp³-hybridized carbons (Fsp3) is 0.471. The Morgan fingerprint density at radius 3 is 2.26 bits per heavy atom. The van der Waals surface area contributed by atoms with Crippen LogP contribution in [0.25, 0.3) is 0 Å². The van der Waals surface area contributed by atoms with Crippen LogP contribution in [0.2, 0.25) is 0 Å². The lowest BCUT2D eigenvalue weighted by atomic mass is 10.0. The number of benzene rings is 1. The first-order valence-corrected chi connectivity index (χ1v) is 7.53. The van der Waals surface area contributed by atoms with Crippen molar-refractivity contribution in [3.8, 4) is 0 Å². The van der Waals surface area contributed by atoms with Crippen LogP contribution in [0.5, 0.6) is 0 Å². The van der Waals surface area contributed by atoms with Crippen LogP contribution in [0.4, 0.5) is 0 Å². The van der Waals surface area contributed by atoms with Gasteiger partial charge in [0.25, 0.3) is 0 Å². The van der Waals surface area contributed by atoms with Crippen LogP contribution in [0, 0.1) is 0 Å². The summed E-state index contributed by atoms with van der Waals surface area (Å²) in [6, 6.07) is 8.71. The van der Waals surface area contributed by atoms with Crippen molar-refractivity contribution in [3.63, 3.8) is 0 Å². The van der Waals surface area contributed by atoms with Crippen LogP contribution in [0.15, 0.2) is 30.3 Å². The lowest BCUT2D eigenvalue weighted by Gasteiger charge is -2.28. The molecular formula is C17H24N2O4. The maximum absolute atomic E-state index is 12.6. The summed E-state index contributed by atoms with van der Waals surface area (Å²) < 4.78 is 4.63. The van der Waals surface area contributed by atoms with Gasteiger partial charge in [-0.1, -0.05) is 30.3 Å². The third kappa shape index (κ3) is 6.10. The van der Waals surface area contributed by atoms with Crippen LogP contribution in [-0.4, -0.2) is 42.4 Å². The molecule has 126 valence electrons. The van der Waals surface area contributed by atoms with Crippen LogP contribution in [0.3, 0.4) is 0 Å². The monoisotopic (exact) mass is 320 g/mol. The first kappa shape index (κ1) is 18.7. The summed E-state index contributed by atoms with van der Waals surface area (Å²) in [5, 5.41) is 2.79. The number of carbonyl (C=O) groups is 3. The van der Waals surface area contributed by atoms with Gasteiger partial charge in [-0.2, -0.15) is 0 Å². The van der Waals surface area contributed by atoms with E-state index in [1.807, 2.05) is 44.2 Å². The summed E-state index contributed by atoms with van der Waals surface area (Å²) in [6.07, 6.45) is 0.0821. The molecule has 1 N–H and O–H groups in total. The molecule has 0 radical (unpaired) electrons. The highest BCUT2D eigenvalue weighted by Crippen LogP contribution is 2.18. The molecule has 6 heteroatoms. The minimum Gasteiger partial charge on any atom is -0.468 e. The second-order valence-corrected chi connectivity index (χ2v) is 5.56. The normalized spacial score (nSPS) is 11.7. The SMILES string of the molecule is COC(=O)CN(C(=O)CC(NC(C)=O)c1ccccc1)C(C)C. The standard InChI is InChI=1S/C17H24N2O4/c1-12(2)19(11-17(22)23-4)16(21)10-15(18-13(3)20)14-8-6-5-7-9-14/h5-9,12,15H,10-11H2,1-4H3,(H,18,20). The van der Waals surface area contributed by atoms with Crippen molar-refractivity contribution in [2.75, 3.05) is 13.7 Å². The maximum atomic E-state index is 12.6. The third-order valence-corrected chi connectivity index (χ3v) is 3.43. The summed E-state index contributed by atoms with van der Waals surface area (Å²) >= 11 is 0. The van der Waals surface area contributed by atoms with Gasteiger partial charge in [-0.05, 0) is 19.4 Å². The van der Waals surface area contributed by atoms with Gasteiger partial charge in [-0.15, -0.1) is 0 Å². The van der Waals surface area contributed by atoms with Gasteiger partial charge in [0.05, 0.1) is 19.6 Å². The van der Waals surface area contributed by atoms with Crippen LogP contribution in [0.1, 0.15) is 38.8 Å². The van der Waals surface area contributed by atoms with Crippen molar-refractivity contribution < 1.29 is 19.1 Å². The zero-order valence-corrected chi connectivity index (χ0v) is 14.0. The molecule has 6 nitrogen and oxygen atoms in total. The first-order chi connectivity index (χ1) is 10.8. The molecule has 0 spiro atoms. The summed E-state index contributed by atoms with van der Waals surface area (Å²) in [5.74, 6) is -0.897. The van der Waals surface area contributed by atoms with Gasteiger partial charge in [0.1, 0.15) is 6.54 Å². The van der Waals surface area contributed by atoms with Gasteiger partial charge in [0, 0.05) is 13.0 Å². The Morgan fingerprint density at radius 1 is 1.17 bits per heavy atom. The molecule has 0 saturated heterocycles. The first-order valence-electron chi connectivity index (χ1n) is 7.53. The number of nitrogens with zero attached hydrogens (tertiary/aromatic N) is 1. The maximum Gasteiger partial charge on any atom is 0.325 e. The molecule has 1 rings (SSSR count). The Balaban J connectivity index is 2.90. The van der Waals surface area contributed by atoms with Crippen LogP contribution >= 0.6 is 0 Å². The van der Waals surface area contributed by atoms with E-state index in [-0.39, 0.29) is 30.8 Å². The molecule has 0 aliphatic carbocycles. The van der Waals surface area contributed by atoms with Crippen molar-refractivity contribution >= 4 is 17.8 Å². The summed E-state index contributed by atoms with van der Waals surface area (Å²) in [5.41, 5.74) is 0.845. The van der Waals surface area contributed by atoms with Gasteiger partial charge >= 0.3 is 5.97 Å². The second-order valence-electron chi connectivity index (χ2n) is 5.56. The highest BCUT2D eigenvalue weighted by atomic mass is 16.5. The Morgan fingerprint density at radius 2 is 1.78 bits per heavy atom. The minimum absolute atomic E-state index is 0.0821. The molecule has 1 unspecified atom stereocenters. The molecule has 0 bridgehead atoms. The van der Waals surface area contributed by atoms with Gasteiger partial charge in [-0.25, -0.2) is 0 Å². The van der Waals surface area contributed by atoms with Crippen LogP contribution in [-0.2, 0) is 19.1 Å². The number of hydrogen-bond acceptors (Lipinski definition) is 4. The van der Waals surface area contributed by atoms with E-state index >= 15 is 0 Å². The lowest BCUT2D eigenvalue weighted by molar-refractivity contribution is -0.148. The van der Waals surface area contributed by atoms with Crippen molar-refractivity contribution in [2.45, 2.75) is 39.3 Å². The number of methoxy groups -OCH3 is 1. The Labute approximate surface area is 136 Å². The predicted octanol–water partition coefficient (Wildman–Crippen LogP) is 1.66. The minimum atomic E-state index is -0.470. The topological polar surface area (TPSA) is 75.7 Å². The van der Waals surface area contributed by atoms with E-state index in [1.54, 1.807) is 0 Å². The quantitative estimate of drug-likeness (QED) is 0.775. The molecule has 1 aromatic rings. The molecule has 0 aliphatic heterocycles. The van der Waals surface area contributed by atoms with E-state index in [0.29, 0.717) is 0 Å². The molecule has 1 atom stereocenters. The highest BCUT2D eigenvalue weighted by Gasteiger charge is 2.24. The van der Waals surface area contributed by atoms with Crippen molar-refractivity contribution in [1.82, 2.24) is 10.2 Å². The number of rotatable bonds is 7. The van der Waals surface area contributed by atoms with Crippen LogP contribution < -0.4 is 5.32 Å². The van der Waals surface area contributed by atoms with E-state index < -0.39 is 12.0 Å². The van der Waals surface area contributed by atoms with E-state index in [2.05, 4.69) is 10.1 Å². The largest absolute Gasteiger partial charge is 0.468 e. The van der Waals surface area contributed by atoms with E-state index in [4.69, 9.17) is 0 Å².